The van der Waals surface area contributed by atoms with Crippen molar-refractivity contribution in [2.75, 3.05) is 6.61 Å². The second kappa shape index (κ2) is 5.09. The van der Waals surface area contributed by atoms with Crippen molar-refractivity contribution >= 4 is 34.4 Å². The van der Waals surface area contributed by atoms with E-state index in [0.29, 0.717) is 22.9 Å². The summed E-state index contributed by atoms with van der Waals surface area (Å²) in [5.74, 6) is -1.11. The molecule has 0 aliphatic carbocycles. The van der Waals surface area contributed by atoms with E-state index in [1.165, 1.54) is 6.07 Å². The molecule has 102 valence electrons. The molecule has 0 unspecified atom stereocenters. The van der Waals surface area contributed by atoms with Crippen LogP contribution in [0.25, 0.3) is 10.9 Å². The fourth-order valence-corrected chi connectivity index (χ4v) is 2.29. The number of carbonyl (C=O) groups excluding carboxylic acids is 2. The molecular formula is C14H10ClNO4. The van der Waals surface area contributed by atoms with Crippen LogP contribution in [0.1, 0.15) is 16.8 Å². The van der Waals surface area contributed by atoms with Gasteiger partial charge in [0.25, 0.3) is 0 Å². The van der Waals surface area contributed by atoms with Crippen molar-refractivity contribution in [2.24, 2.45) is 0 Å². The lowest BCUT2D eigenvalue weighted by molar-refractivity contribution is -0.145. The van der Waals surface area contributed by atoms with E-state index in [1.807, 2.05) is 0 Å². The Morgan fingerprint density at radius 3 is 2.95 bits per heavy atom. The Bertz CT molecular complexity index is 701. The van der Waals surface area contributed by atoms with E-state index in [9.17, 15) is 9.59 Å². The third kappa shape index (κ3) is 2.32. The van der Waals surface area contributed by atoms with Crippen molar-refractivity contribution < 1.29 is 19.1 Å². The summed E-state index contributed by atoms with van der Waals surface area (Å²) in [5.41, 5.74) is 0.890. The number of ether oxygens (including phenoxy) is 2. The number of carbonyl (C=O) groups is 2. The van der Waals surface area contributed by atoms with Gasteiger partial charge in [-0.3, -0.25) is 0 Å². The fraction of sp³-hybridized carbons (Fsp3) is 0.214. The molecule has 6 heteroatoms. The molecule has 1 saturated heterocycles. The number of pyridine rings is 1. The molecule has 3 rings (SSSR count). The Labute approximate surface area is 119 Å². The molecule has 0 amide bonds. The monoisotopic (exact) mass is 291 g/mol. The highest BCUT2D eigenvalue weighted by molar-refractivity contribution is 6.30. The van der Waals surface area contributed by atoms with E-state index in [0.717, 1.165) is 0 Å². The van der Waals surface area contributed by atoms with E-state index >= 15 is 0 Å². The Kier molecular flexibility index (Phi) is 3.28. The van der Waals surface area contributed by atoms with E-state index in [2.05, 4.69) is 4.98 Å². The van der Waals surface area contributed by atoms with Crippen LogP contribution in [0.15, 0.2) is 30.3 Å². The molecule has 2 aromatic rings. The molecule has 20 heavy (non-hydrogen) atoms. The molecule has 2 heterocycles. The number of aromatic nitrogens is 1. The number of cyclic esters (lactones) is 1. The number of rotatable bonds is 2. The summed E-state index contributed by atoms with van der Waals surface area (Å²) in [6.45, 7) is 0.272. The molecule has 1 fully saturated rings. The normalized spacial score (nSPS) is 18.1. The summed E-state index contributed by atoms with van der Waals surface area (Å²) in [4.78, 5) is 27.7. The second-order valence-corrected chi connectivity index (χ2v) is 4.75. The molecule has 1 atom stereocenters. The van der Waals surface area contributed by atoms with Gasteiger partial charge in [-0.2, -0.15) is 0 Å². The maximum absolute atomic E-state index is 12.2. The van der Waals surface area contributed by atoms with Crippen LogP contribution >= 0.6 is 11.6 Å². The van der Waals surface area contributed by atoms with Gasteiger partial charge in [-0.05, 0) is 12.1 Å². The SMILES string of the molecule is O=C(O[C@H]1CCOC1=O)c1cc(Cl)nc2ccccc12. The minimum absolute atomic E-state index is 0.199. The lowest BCUT2D eigenvalue weighted by Gasteiger charge is -2.10. The highest BCUT2D eigenvalue weighted by atomic mass is 35.5. The van der Waals surface area contributed by atoms with Crippen LogP contribution in [0.5, 0.6) is 0 Å². The maximum atomic E-state index is 12.2. The smallest absolute Gasteiger partial charge is 0.347 e. The lowest BCUT2D eigenvalue weighted by atomic mass is 10.1. The van der Waals surface area contributed by atoms with Gasteiger partial charge in [-0.15, -0.1) is 0 Å². The van der Waals surface area contributed by atoms with Gasteiger partial charge in [0.1, 0.15) is 5.15 Å². The molecule has 1 aromatic carbocycles. The first-order chi connectivity index (χ1) is 9.65. The number of benzene rings is 1. The van der Waals surface area contributed by atoms with Crippen LogP contribution in [0.4, 0.5) is 0 Å². The molecule has 0 bridgehead atoms. The van der Waals surface area contributed by atoms with Crippen LogP contribution < -0.4 is 0 Å². The topological polar surface area (TPSA) is 65.5 Å². The first-order valence-electron chi connectivity index (χ1n) is 6.08. The van der Waals surface area contributed by atoms with Gasteiger partial charge >= 0.3 is 11.9 Å². The summed E-state index contributed by atoms with van der Waals surface area (Å²) in [6, 6.07) is 8.53. The zero-order chi connectivity index (χ0) is 14.1. The second-order valence-electron chi connectivity index (χ2n) is 4.36. The van der Waals surface area contributed by atoms with Crippen molar-refractivity contribution in [3.05, 3.63) is 41.0 Å². The average Bonchev–Trinajstić information content (AvgIpc) is 2.83. The van der Waals surface area contributed by atoms with Gasteiger partial charge in [-0.25, -0.2) is 14.6 Å². The Morgan fingerprint density at radius 1 is 1.40 bits per heavy atom. The number of fused-ring (bicyclic) bond motifs is 1. The predicted octanol–water partition coefficient (Wildman–Crippen LogP) is 2.36. The van der Waals surface area contributed by atoms with E-state index in [4.69, 9.17) is 21.1 Å². The number of nitrogens with zero attached hydrogens (tertiary/aromatic N) is 1. The molecule has 0 spiro atoms. The Hall–Kier alpha value is -2.14. The highest BCUT2D eigenvalue weighted by Crippen LogP contribution is 2.23. The summed E-state index contributed by atoms with van der Waals surface area (Å²) in [7, 11) is 0. The molecule has 0 N–H and O–H groups in total. The maximum Gasteiger partial charge on any atom is 0.347 e. The molecular weight excluding hydrogens is 282 g/mol. The van der Waals surface area contributed by atoms with Crippen LogP contribution in [0, 0.1) is 0 Å². The first-order valence-corrected chi connectivity index (χ1v) is 6.46. The largest absolute Gasteiger partial charge is 0.463 e. The van der Waals surface area contributed by atoms with Crippen LogP contribution in [0.2, 0.25) is 5.15 Å². The number of halogens is 1. The fourth-order valence-electron chi connectivity index (χ4n) is 2.09. The number of hydrogen-bond donors (Lipinski definition) is 0. The molecule has 0 radical (unpaired) electrons. The third-order valence-electron chi connectivity index (χ3n) is 3.04. The molecule has 1 aliphatic rings. The van der Waals surface area contributed by atoms with E-state index in [1.54, 1.807) is 24.3 Å². The van der Waals surface area contributed by atoms with Gasteiger partial charge < -0.3 is 9.47 Å². The zero-order valence-corrected chi connectivity index (χ0v) is 11.1. The first kappa shape index (κ1) is 12.9. The summed E-state index contributed by atoms with van der Waals surface area (Å²) < 4.78 is 9.93. The van der Waals surface area contributed by atoms with Crippen molar-refractivity contribution in [3.8, 4) is 0 Å². The highest BCUT2D eigenvalue weighted by Gasteiger charge is 2.31. The van der Waals surface area contributed by atoms with Crippen molar-refractivity contribution in [3.63, 3.8) is 0 Å². The average molecular weight is 292 g/mol. The molecule has 0 saturated carbocycles. The van der Waals surface area contributed by atoms with Gasteiger partial charge in [0.15, 0.2) is 0 Å². The minimum atomic E-state index is -0.840. The van der Waals surface area contributed by atoms with Gasteiger partial charge in [0, 0.05) is 11.8 Å². The van der Waals surface area contributed by atoms with E-state index < -0.39 is 18.0 Å². The number of para-hydroxylation sites is 1. The predicted molar refractivity (Wildman–Crippen MR) is 71.5 cm³/mol. The molecule has 5 nitrogen and oxygen atoms in total. The van der Waals surface area contributed by atoms with Crippen LogP contribution in [0.3, 0.4) is 0 Å². The van der Waals surface area contributed by atoms with Crippen LogP contribution in [-0.2, 0) is 14.3 Å². The Balaban J connectivity index is 1.96. The van der Waals surface area contributed by atoms with Crippen molar-refractivity contribution in [1.29, 1.82) is 0 Å². The van der Waals surface area contributed by atoms with Gasteiger partial charge in [0.05, 0.1) is 17.7 Å². The quantitative estimate of drug-likeness (QED) is 0.628. The van der Waals surface area contributed by atoms with Gasteiger partial charge in [0.2, 0.25) is 6.10 Å². The third-order valence-corrected chi connectivity index (χ3v) is 3.24. The molecule has 1 aliphatic heterocycles. The van der Waals surface area contributed by atoms with Crippen molar-refractivity contribution in [1.82, 2.24) is 4.98 Å². The Morgan fingerprint density at radius 2 is 2.20 bits per heavy atom. The van der Waals surface area contributed by atoms with E-state index in [-0.39, 0.29) is 11.8 Å². The summed E-state index contributed by atoms with van der Waals surface area (Å²) in [6.07, 6.45) is -0.463. The molecule has 1 aromatic heterocycles. The zero-order valence-electron chi connectivity index (χ0n) is 10.3. The lowest BCUT2D eigenvalue weighted by Crippen LogP contribution is -2.22. The minimum Gasteiger partial charge on any atom is -0.463 e. The van der Waals surface area contributed by atoms with Gasteiger partial charge in [-0.1, -0.05) is 29.8 Å². The standard InChI is InChI=1S/C14H10ClNO4/c15-12-7-9(8-3-1-2-4-10(8)16-12)13(17)20-11-5-6-19-14(11)18/h1-4,7,11H,5-6H2/t11-/m0/s1. The summed E-state index contributed by atoms with van der Waals surface area (Å²) >= 11 is 5.90. The number of esters is 2. The summed E-state index contributed by atoms with van der Waals surface area (Å²) in [5, 5.41) is 0.831. The number of hydrogen-bond acceptors (Lipinski definition) is 5. The van der Waals surface area contributed by atoms with Crippen LogP contribution in [-0.4, -0.2) is 29.6 Å². The van der Waals surface area contributed by atoms with Crippen molar-refractivity contribution in [2.45, 2.75) is 12.5 Å².